The predicted octanol–water partition coefficient (Wildman–Crippen LogP) is 1.48. The highest BCUT2D eigenvalue weighted by atomic mass is 16.3. The van der Waals surface area contributed by atoms with E-state index in [1.165, 1.54) is 0 Å². The molecule has 2 heteroatoms. The first-order chi connectivity index (χ1) is 4.70. The van der Waals surface area contributed by atoms with Crippen LogP contribution in [0.5, 0.6) is 0 Å². The van der Waals surface area contributed by atoms with E-state index in [4.69, 9.17) is 10.8 Å². The molecule has 0 spiro atoms. The van der Waals surface area contributed by atoms with Crippen molar-refractivity contribution in [2.24, 2.45) is 11.7 Å². The Morgan fingerprint density at radius 3 is 2.70 bits per heavy atom. The second-order valence-electron chi connectivity index (χ2n) is 2.42. The Morgan fingerprint density at radius 1 is 1.40 bits per heavy atom. The summed E-state index contributed by atoms with van der Waals surface area (Å²) in [5.74, 6) is 0.504. The Bertz CT molecular complexity index is 191. The van der Waals surface area contributed by atoms with Crippen molar-refractivity contribution in [1.82, 2.24) is 0 Å². The normalized spacial score (nSPS) is 25.1. The fourth-order valence-corrected chi connectivity index (χ4v) is 0.744. The van der Waals surface area contributed by atoms with E-state index in [0.717, 1.165) is 0 Å². The largest absolute Gasteiger partial charge is 0.506 e. The van der Waals surface area contributed by atoms with Gasteiger partial charge in [0.05, 0.1) is 5.70 Å². The van der Waals surface area contributed by atoms with E-state index >= 15 is 0 Å². The monoisotopic (exact) mass is 137 g/mol. The smallest absolute Gasteiger partial charge is 0.138 e. The summed E-state index contributed by atoms with van der Waals surface area (Å²) in [5, 5.41) is 9.09. The summed E-state index contributed by atoms with van der Waals surface area (Å²) in [5.41, 5.74) is 5.86. The van der Waals surface area contributed by atoms with Crippen LogP contribution in [0.3, 0.4) is 0 Å². The van der Waals surface area contributed by atoms with Crippen molar-refractivity contribution in [2.75, 3.05) is 0 Å². The first kappa shape index (κ1) is 6.93. The van der Waals surface area contributed by atoms with Gasteiger partial charge in [-0.15, -0.1) is 0 Å². The number of aliphatic hydroxyl groups excluding tert-OH is 1. The molecule has 1 unspecified atom stereocenters. The van der Waals surface area contributed by atoms with Crippen LogP contribution in [-0.2, 0) is 0 Å². The summed E-state index contributed by atoms with van der Waals surface area (Å²) in [7, 11) is 0. The van der Waals surface area contributed by atoms with Crippen LogP contribution in [0.1, 0.15) is 6.92 Å². The lowest BCUT2D eigenvalue weighted by atomic mass is 10.2. The zero-order valence-electron chi connectivity index (χ0n) is 5.91. The van der Waals surface area contributed by atoms with Crippen molar-refractivity contribution in [2.45, 2.75) is 6.92 Å². The molecule has 0 bridgehead atoms. The van der Waals surface area contributed by atoms with Crippen LogP contribution >= 0.6 is 0 Å². The van der Waals surface area contributed by atoms with Crippen molar-refractivity contribution in [1.29, 1.82) is 0 Å². The van der Waals surface area contributed by atoms with Crippen molar-refractivity contribution in [3.63, 3.8) is 0 Å². The summed E-state index contributed by atoms with van der Waals surface area (Å²) in [6, 6.07) is 0. The van der Waals surface area contributed by atoms with Crippen LogP contribution in [0, 0.1) is 5.92 Å². The maximum absolute atomic E-state index is 9.09. The summed E-state index contributed by atoms with van der Waals surface area (Å²) in [6.45, 7) is 2.03. The molecule has 1 aliphatic carbocycles. The third-order valence-corrected chi connectivity index (χ3v) is 1.43. The highest BCUT2D eigenvalue weighted by Gasteiger charge is 1.99. The zero-order valence-corrected chi connectivity index (χ0v) is 5.91. The molecule has 2 nitrogen and oxygen atoms in total. The van der Waals surface area contributed by atoms with Gasteiger partial charge in [0.15, 0.2) is 0 Å². The molecule has 0 aromatic carbocycles. The van der Waals surface area contributed by atoms with Crippen LogP contribution in [0.15, 0.2) is 35.8 Å². The van der Waals surface area contributed by atoms with Gasteiger partial charge in [-0.2, -0.15) is 0 Å². The molecule has 0 saturated carbocycles. The Labute approximate surface area is 60.4 Å². The van der Waals surface area contributed by atoms with Gasteiger partial charge >= 0.3 is 0 Å². The molecular formula is C8H11NO. The minimum Gasteiger partial charge on any atom is -0.506 e. The van der Waals surface area contributed by atoms with Crippen LogP contribution < -0.4 is 5.73 Å². The van der Waals surface area contributed by atoms with Crippen LogP contribution in [0.25, 0.3) is 0 Å². The molecule has 0 amide bonds. The Balaban J connectivity index is 2.91. The van der Waals surface area contributed by atoms with Gasteiger partial charge in [0.1, 0.15) is 5.76 Å². The van der Waals surface area contributed by atoms with Gasteiger partial charge in [0.25, 0.3) is 0 Å². The standard InChI is InChI=1S/C8H11NO/c1-6-2-4-7(9)8(10)5-3-6/h2-6,10H,9H2,1H3. The van der Waals surface area contributed by atoms with Gasteiger partial charge in [-0.05, 0) is 18.1 Å². The van der Waals surface area contributed by atoms with Crippen molar-refractivity contribution >= 4 is 0 Å². The number of rotatable bonds is 0. The van der Waals surface area contributed by atoms with E-state index in [1.807, 2.05) is 19.1 Å². The topological polar surface area (TPSA) is 46.2 Å². The Kier molecular flexibility index (Phi) is 1.81. The van der Waals surface area contributed by atoms with E-state index in [1.54, 1.807) is 12.2 Å². The first-order valence-corrected chi connectivity index (χ1v) is 3.25. The van der Waals surface area contributed by atoms with E-state index in [0.29, 0.717) is 11.6 Å². The third-order valence-electron chi connectivity index (χ3n) is 1.43. The second-order valence-corrected chi connectivity index (χ2v) is 2.42. The van der Waals surface area contributed by atoms with Gasteiger partial charge in [-0.25, -0.2) is 0 Å². The van der Waals surface area contributed by atoms with Gasteiger partial charge in [0, 0.05) is 0 Å². The minimum absolute atomic E-state index is 0.153. The number of allylic oxidation sites excluding steroid dienone is 4. The minimum atomic E-state index is 0.153. The van der Waals surface area contributed by atoms with E-state index in [9.17, 15) is 0 Å². The average molecular weight is 137 g/mol. The van der Waals surface area contributed by atoms with Crippen molar-refractivity contribution < 1.29 is 5.11 Å². The van der Waals surface area contributed by atoms with Gasteiger partial charge in [0.2, 0.25) is 0 Å². The molecule has 1 rings (SSSR count). The molecule has 0 saturated heterocycles. The van der Waals surface area contributed by atoms with Crippen molar-refractivity contribution in [3.8, 4) is 0 Å². The number of aliphatic hydroxyl groups is 1. The number of hydrogen-bond donors (Lipinski definition) is 2. The maximum atomic E-state index is 9.09. The molecule has 54 valence electrons. The number of hydrogen-bond acceptors (Lipinski definition) is 2. The molecular weight excluding hydrogens is 126 g/mol. The predicted molar refractivity (Wildman–Crippen MR) is 41.3 cm³/mol. The SMILES string of the molecule is CC1C=CC(N)=C(O)C=C1. The molecule has 0 heterocycles. The maximum Gasteiger partial charge on any atom is 0.138 e. The van der Waals surface area contributed by atoms with Gasteiger partial charge in [-0.1, -0.05) is 19.1 Å². The lowest BCUT2D eigenvalue weighted by molar-refractivity contribution is 0.426. The van der Waals surface area contributed by atoms with Gasteiger partial charge < -0.3 is 10.8 Å². The van der Waals surface area contributed by atoms with Gasteiger partial charge in [-0.3, -0.25) is 0 Å². The van der Waals surface area contributed by atoms with E-state index in [2.05, 4.69) is 0 Å². The Hall–Kier alpha value is -1.18. The molecule has 10 heavy (non-hydrogen) atoms. The van der Waals surface area contributed by atoms with Crippen LogP contribution in [0.4, 0.5) is 0 Å². The third kappa shape index (κ3) is 1.41. The highest BCUT2D eigenvalue weighted by Crippen LogP contribution is 2.09. The molecule has 0 radical (unpaired) electrons. The second kappa shape index (κ2) is 2.60. The summed E-state index contributed by atoms with van der Waals surface area (Å²) < 4.78 is 0. The van der Waals surface area contributed by atoms with E-state index in [-0.39, 0.29) is 5.76 Å². The fraction of sp³-hybridized carbons (Fsp3) is 0.250. The quantitative estimate of drug-likeness (QED) is 0.531. The van der Waals surface area contributed by atoms with Crippen molar-refractivity contribution in [3.05, 3.63) is 35.8 Å². The molecule has 0 aliphatic heterocycles. The lowest BCUT2D eigenvalue weighted by Crippen LogP contribution is -1.96. The molecule has 3 N–H and O–H groups in total. The summed E-state index contributed by atoms with van der Waals surface area (Å²) >= 11 is 0. The summed E-state index contributed by atoms with van der Waals surface area (Å²) in [4.78, 5) is 0. The Morgan fingerprint density at radius 2 is 2.00 bits per heavy atom. The van der Waals surface area contributed by atoms with Crippen LogP contribution in [0.2, 0.25) is 0 Å². The molecule has 1 aliphatic rings. The first-order valence-electron chi connectivity index (χ1n) is 3.25. The lowest BCUT2D eigenvalue weighted by Gasteiger charge is -1.91. The molecule has 0 aromatic rings. The van der Waals surface area contributed by atoms with E-state index < -0.39 is 0 Å². The average Bonchev–Trinajstić information content (AvgIpc) is 2.04. The summed E-state index contributed by atoms with van der Waals surface area (Å²) in [6.07, 6.45) is 7.18. The number of nitrogens with two attached hydrogens (primary N) is 1. The highest BCUT2D eigenvalue weighted by molar-refractivity contribution is 5.29. The fourth-order valence-electron chi connectivity index (χ4n) is 0.744. The molecule has 1 atom stereocenters. The van der Waals surface area contributed by atoms with Crippen LogP contribution in [-0.4, -0.2) is 5.11 Å². The molecule has 0 fully saturated rings. The molecule has 0 aromatic heterocycles. The zero-order chi connectivity index (χ0) is 7.56.